The normalized spacial score (nSPS) is 18.8. The van der Waals surface area contributed by atoms with Crippen LogP contribution in [0.2, 0.25) is 0 Å². The minimum absolute atomic E-state index is 0.0710. The van der Waals surface area contributed by atoms with Gasteiger partial charge in [-0.05, 0) is 12.1 Å². The van der Waals surface area contributed by atoms with Crippen LogP contribution in [0.4, 0.5) is 10.5 Å². The second kappa shape index (κ2) is 8.29. The Hall–Kier alpha value is -2.44. The predicted molar refractivity (Wildman–Crippen MR) is 97.8 cm³/mol. The lowest BCUT2D eigenvalue weighted by molar-refractivity contribution is -0.387. The molecule has 0 aromatic heterocycles. The third-order valence-corrected chi connectivity index (χ3v) is 6.72. The lowest BCUT2D eigenvalue weighted by Crippen LogP contribution is -2.55. The molecular formula is C16H22N4O7S. The van der Waals surface area contributed by atoms with Gasteiger partial charge in [-0.25, -0.2) is 13.2 Å². The Morgan fingerprint density at radius 1 is 1.11 bits per heavy atom. The SMILES string of the molecule is COc1ccc(S(=O)(=O)N2CCN(C(=O)N3CCOCC3)CC2)c([N+](=O)[O-])c1. The molecule has 2 aliphatic rings. The fourth-order valence-corrected chi connectivity index (χ4v) is 4.76. The number of urea groups is 1. The molecule has 2 fully saturated rings. The minimum Gasteiger partial charge on any atom is -0.497 e. The van der Waals surface area contributed by atoms with Crippen LogP contribution >= 0.6 is 0 Å². The van der Waals surface area contributed by atoms with Crippen molar-refractivity contribution < 1.29 is 27.6 Å². The van der Waals surface area contributed by atoms with Gasteiger partial charge in [-0.2, -0.15) is 4.31 Å². The number of rotatable bonds is 4. The average molecular weight is 414 g/mol. The summed E-state index contributed by atoms with van der Waals surface area (Å²) in [4.78, 5) is 26.0. The van der Waals surface area contributed by atoms with Crippen LogP contribution in [0.5, 0.6) is 5.75 Å². The maximum absolute atomic E-state index is 12.9. The van der Waals surface area contributed by atoms with Gasteiger partial charge in [-0.15, -0.1) is 0 Å². The third kappa shape index (κ3) is 4.03. The van der Waals surface area contributed by atoms with E-state index < -0.39 is 20.6 Å². The monoisotopic (exact) mass is 414 g/mol. The molecule has 0 aliphatic carbocycles. The number of amides is 2. The molecule has 2 heterocycles. The number of benzene rings is 1. The van der Waals surface area contributed by atoms with E-state index in [0.717, 1.165) is 6.07 Å². The Kier molecular flexibility index (Phi) is 6.01. The highest BCUT2D eigenvalue weighted by Gasteiger charge is 2.35. The summed E-state index contributed by atoms with van der Waals surface area (Å²) in [5.74, 6) is 0.201. The van der Waals surface area contributed by atoms with Crippen LogP contribution in [0, 0.1) is 10.1 Å². The van der Waals surface area contributed by atoms with Gasteiger partial charge in [0.25, 0.3) is 5.69 Å². The molecule has 11 nitrogen and oxygen atoms in total. The molecule has 12 heteroatoms. The summed E-state index contributed by atoms with van der Waals surface area (Å²) in [6.45, 7) is 2.58. The zero-order valence-corrected chi connectivity index (χ0v) is 16.3. The lowest BCUT2D eigenvalue weighted by atomic mass is 10.3. The van der Waals surface area contributed by atoms with E-state index in [1.165, 1.54) is 23.5 Å². The van der Waals surface area contributed by atoms with Gasteiger partial charge < -0.3 is 19.3 Å². The van der Waals surface area contributed by atoms with Gasteiger partial charge in [0, 0.05) is 39.3 Å². The molecule has 0 bridgehead atoms. The van der Waals surface area contributed by atoms with E-state index in [-0.39, 0.29) is 42.9 Å². The van der Waals surface area contributed by atoms with Crippen LogP contribution in [0.15, 0.2) is 23.1 Å². The molecule has 3 rings (SSSR count). The molecule has 154 valence electrons. The van der Waals surface area contributed by atoms with Crippen LogP contribution in [0.3, 0.4) is 0 Å². The number of hydrogen-bond acceptors (Lipinski definition) is 7. The Bertz CT molecular complexity index is 847. The van der Waals surface area contributed by atoms with Gasteiger partial charge in [0.2, 0.25) is 10.0 Å². The van der Waals surface area contributed by atoms with Crippen LogP contribution < -0.4 is 4.74 Å². The first-order valence-corrected chi connectivity index (χ1v) is 10.2. The number of methoxy groups -OCH3 is 1. The summed E-state index contributed by atoms with van der Waals surface area (Å²) in [5.41, 5.74) is -0.536. The molecule has 2 aliphatic heterocycles. The highest BCUT2D eigenvalue weighted by atomic mass is 32.2. The molecule has 0 N–H and O–H groups in total. The largest absolute Gasteiger partial charge is 0.497 e. The third-order valence-electron chi connectivity index (χ3n) is 4.77. The molecule has 2 saturated heterocycles. The molecule has 1 aromatic carbocycles. The van der Waals surface area contributed by atoms with Gasteiger partial charge >= 0.3 is 6.03 Å². The van der Waals surface area contributed by atoms with Crippen LogP contribution in [0.1, 0.15) is 0 Å². The summed E-state index contributed by atoms with van der Waals surface area (Å²) in [5, 5.41) is 11.3. The first-order chi connectivity index (χ1) is 13.3. The van der Waals surface area contributed by atoms with Crippen LogP contribution in [-0.2, 0) is 14.8 Å². The Labute approximate surface area is 162 Å². The van der Waals surface area contributed by atoms with E-state index >= 15 is 0 Å². The first kappa shape index (κ1) is 20.3. The molecule has 28 heavy (non-hydrogen) atoms. The summed E-state index contributed by atoms with van der Waals surface area (Å²) >= 11 is 0. The van der Waals surface area contributed by atoms with Crippen LogP contribution in [-0.4, -0.2) is 93.1 Å². The Morgan fingerprint density at radius 3 is 2.29 bits per heavy atom. The summed E-state index contributed by atoms with van der Waals surface area (Å²) in [6.07, 6.45) is 0. The highest BCUT2D eigenvalue weighted by Crippen LogP contribution is 2.31. The number of nitro benzene ring substituents is 1. The van der Waals surface area contributed by atoms with E-state index in [2.05, 4.69) is 0 Å². The molecular weight excluding hydrogens is 392 g/mol. The molecule has 0 saturated carbocycles. The number of nitrogens with zero attached hydrogens (tertiary/aromatic N) is 4. The smallest absolute Gasteiger partial charge is 0.320 e. The van der Waals surface area contributed by atoms with Crippen molar-refractivity contribution in [3.63, 3.8) is 0 Å². The summed E-state index contributed by atoms with van der Waals surface area (Å²) < 4.78 is 37.2. The number of nitro groups is 1. The minimum atomic E-state index is -4.07. The van der Waals surface area contributed by atoms with Crippen molar-refractivity contribution in [2.45, 2.75) is 4.90 Å². The number of hydrogen-bond donors (Lipinski definition) is 0. The van der Waals surface area contributed by atoms with Crippen molar-refractivity contribution in [2.75, 3.05) is 59.6 Å². The topological polar surface area (TPSA) is 123 Å². The van der Waals surface area contributed by atoms with Gasteiger partial charge in [0.05, 0.1) is 31.3 Å². The van der Waals surface area contributed by atoms with Gasteiger partial charge in [-0.3, -0.25) is 10.1 Å². The maximum Gasteiger partial charge on any atom is 0.320 e. The van der Waals surface area contributed by atoms with Crippen molar-refractivity contribution in [3.05, 3.63) is 28.3 Å². The number of sulfonamides is 1. The predicted octanol–water partition coefficient (Wildman–Crippen LogP) is 0.362. The second-order valence-electron chi connectivity index (χ2n) is 6.36. The van der Waals surface area contributed by atoms with E-state index in [9.17, 15) is 23.3 Å². The summed E-state index contributed by atoms with van der Waals surface area (Å²) in [7, 11) is -2.73. The number of carbonyl (C=O) groups is 1. The quantitative estimate of drug-likeness (QED) is 0.515. The zero-order chi connectivity index (χ0) is 20.3. The highest BCUT2D eigenvalue weighted by molar-refractivity contribution is 7.89. The molecule has 0 atom stereocenters. The van der Waals surface area contributed by atoms with Crippen molar-refractivity contribution in [3.8, 4) is 5.75 Å². The lowest BCUT2D eigenvalue weighted by Gasteiger charge is -2.37. The number of morpholine rings is 1. The second-order valence-corrected chi connectivity index (χ2v) is 8.27. The number of ether oxygens (including phenoxy) is 2. The molecule has 1 aromatic rings. The van der Waals surface area contributed by atoms with Gasteiger partial charge in [-0.1, -0.05) is 0 Å². The van der Waals surface area contributed by atoms with Gasteiger partial charge in [0.15, 0.2) is 4.90 Å². The van der Waals surface area contributed by atoms with E-state index in [1.807, 2.05) is 0 Å². The standard InChI is InChI=1S/C16H22N4O7S/c1-26-13-2-3-15(14(12-13)20(22)23)28(24,25)19-6-4-17(5-7-19)16(21)18-8-10-27-11-9-18/h2-3,12H,4-11H2,1H3. The van der Waals surface area contributed by atoms with E-state index in [0.29, 0.717) is 26.3 Å². The first-order valence-electron chi connectivity index (χ1n) is 8.79. The van der Waals surface area contributed by atoms with E-state index in [4.69, 9.17) is 9.47 Å². The number of carbonyl (C=O) groups excluding carboxylic acids is 1. The van der Waals surface area contributed by atoms with E-state index in [1.54, 1.807) is 9.80 Å². The maximum atomic E-state index is 12.9. The Morgan fingerprint density at radius 2 is 1.71 bits per heavy atom. The van der Waals surface area contributed by atoms with Crippen molar-refractivity contribution >= 4 is 21.7 Å². The number of piperazine rings is 1. The molecule has 0 unspecified atom stereocenters. The van der Waals surface area contributed by atoms with Gasteiger partial charge in [0.1, 0.15) is 5.75 Å². The fourth-order valence-electron chi connectivity index (χ4n) is 3.20. The Balaban J connectivity index is 1.73. The summed E-state index contributed by atoms with van der Waals surface area (Å²) in [6, 6.07) is 3.50. The molecule has 0 spiro atoms. The molecule has 0 radical (unpaired) electrons. The molecule has 2 amide bonds. The zero-order valence-electron chi connectivity index (χ0n) is 15.4. The van der Waals surface area contributed by atoms with Crippen LogP contribution in [0.25, 0.3) is 0 Å². The fraction of sp³-hybridized carbons (Fsp3) is 0.562. The average Bonchev–Trinajstić information content (AvgIpc) is 2.73. The van der Waals surface area contributed by atoms with Crippen molar-refractivity contribution in [2.24, 2.45) is 0 Å². The van der Waals surface area contributed by atoms with Crippen molar-refractivity contribution in [1.82, 2.24) is 14.1 Å². The van der Waals surface area contributed by atoms with Crippen molar-refractivity contribution in [1.29, 1.82) is 0 Å².